The fourth-order valence-corrected chi connectivity index (χ4v) is 2.92. The third-order valence-electron chi connectivity index (χ3n) is 4.14. The van der Waals surface area contributed by atoms with Crippen LogP contribution in [0.2, 0.25) is 0 Å². The van der Waals surface area contributed by atoms with Crippen LogP contribution in [0.3, 0.4) is 0 Å². The summed E-state index contributed by atoms with van der Waals surface area (Å²) in [6.07, 6.45) is 7.79. The SMILES string of the molecule is O=C1c2ccccc2C(=O)N1CCCn1cc(Cn2ccnc2)nn1. The summed E-state index contributed by atoms with van der Waals surface area (Å²) < 4.78 is 3.64. The molecule has 0 N–H and O–H groups in total. The maximum atomic E-state index is 12.3. The number of hydrogen-bond acceptors (Lipinski definition) is 5. The molecule has 25 heavy (non-hydrogen) atoms. The van der Waals surface area contributed by atoms with Gasteiger partial charge in [0.05, 0.1) is 30.2 Å². The third-order valence-corrected chi connectivity index (χ3v) is 4.14. The average Bonchev–Trinajstić information content (AvgIpc) is 3.34. The lowest BCUT2D eigenvalue weighted by atomic mass is 10.1. The van der Waals surface area contributed by atoms with Crippen molar-refractivity contribution in [1.82, 2.24) is 29.4 Å². The molecule has 2 amide bonds. The third kappa shape index (κ3) is 2.93. The molecule has 8 nitrogen and oxygen atoms in total. The minimum Gasteiger partial charge on any atom is -0.331 e. The predicted octanol–water partition coefficient (Wildman–Crippen LogP) is 1.21. The van der Waals surface area contributed by atoms with Gasteiger partial charge in [-0.3, -0.25) is 19.2 Å². The van der Waals surface area contributed by atoms with Gasteiger partial charge in [0.2, 0.25) is 0 Å². The quantitative estimate of drug-likeness (QED) is 0.632. The van der Waals surface area contributed by atoms with Gasteiger partial charge in [-0.25, -0.2) is 4.98 Å². The maximum Gasteiger partial charge on any atom is 0.261 e. The number of aryl methyl sites for hydroxylation is 1. The number of benzene rings is 1. The van der Waals surface area contributed by atoms with Crippen LogP contribution in [0.5, 0.6) is 0 Å². The van der Waals surface area contributed by atoms with Gasteiger partial charge in [0.25, 0.3) is 11.8 Å². The summed E-state index contributed by atoms with van der Waals surface area (Å²) in [4.78, 5) is 29.9. The van der Waals surface area contributed by atoms with Gasteiger partial charge >= 0.3 is 0 Å². The first-order chi connectivity index (χ1) is 12.2. The Morgan fingerprint density at radius 2 is 1.76 bits per heavy atom. The number of fused-ring (bicyclic) bond motifs is 1. The predicted molar refractivity (Wildman–Crippen MR) is 87.8 cm³/mol. The van der Waals surface area contributed by atoms with Crippen LogP contribution in [0, 0.1) is 0 Å². The van der Waals surface area contributed by atoms with Crippen molar-refractivity contribution < 1.29 is 9.59 Å². The minimum absolute atomic E-state index is 0.222. The van der Waals surface area contributed by atoms with Crippen LogP contribution >= 0.6 is 0 Å². The number of imide groups is 1. The summed E-state index contributed by atoms with van der Waals surface area (Å²) in [6, 6.07) is 6.92. The van der Waals surface area contributed by atoms with Gasteiger partial charge in [0.1, 0.15) is 5.69 Å². The Morgan fingerprint density at radius 3 is 2.44 bits per heavy atom. The molecule has 2 aromatic heterocycles. The van der Waals surface area contributed by atoms with Crippen molar-refractivity contribution in [1.29, 1.82) is 0 Å². The molecule has 3 aromatic rings. The van der Waals surface area contributed by atoms with Crippen LogP contribution in [-0.2, 0) is 13.1 Å². The zero-order valence-electron chi connectivity index (χ0n) is 13.4. The van der Waals surface area contributed by atoms with Crippen molar-refractivity contribution in [2.45, 2.75) is 19.5 Å². The van der Waals surface area contributed by atoms with E-state index in [4.69, 9.17) is 0 Å². The largest absolute Gasteiger partial charge is 0.331 e. The first-order valence-corrected chi connectivity index (χ1v) is 8.02. The van der Waals surface area contributed by atoms with Gasteiger partial charge in [0.15, 0.2) is 0 Å². The Bertz CT molecular complexity index is 880. The smallest absolute Gasteiger partial charge is 0.261 e. The molecule has 8 heteroatoms. The highest BCUT2D eigenvalue weighted by molar-refractivity contribution is 6.21. The summed E-state index contributed by atoms with van der Waals surface area (Å²) in [7, 11) is 0. The zero-order chi connectivity index (χ0) is 17.2. The molecule has 126 valence electrons. The van der Waals surface area contributed by atoms with Crippen molar-refractivity contribution in [3.63, 3.8) is 0 Å². The van der Waals surface area contributed by atoms with Gasteiger partial charge in [-0.05, 0) is 18.6 Å². The molecular weight excluding hydrogens is 320 g/mol. The fraction of sp³-hybridized carbons (Fsp3) is 0.235. The van der Waals surface area contributed by atoms with Crippen molar-refractivity contribution >= 4 is 11.8 Å². The zero-order valence-corrected chi connectivity index (χ0v) is 13.4. The monoisotopic (exact) mass is 336 g/mol. The molecule has 0 unspecified atom stereocenters. The average molecular weight is 336 g/mol. The van der Waals surface area contributed by atoms with E-state index in [1.807, 2.05) is 17.0 Å². The van der Waals surface area contributed by atoms with E-state index >= 15 is 0 Å². The van der Waals surface area contributed by atoms with Crippen LogP contribution < -0.4 is 0 Å². The Labute approximate surface area is 143 Å². The molecule has 1 aliphatic heterocycles. The lowest BCUT2D eigenvalue weighted by molar-refractivity contribution is 0.0650. The molecule has 3 heterocycles. The van der Waals surface area contributed by atoms with Crippen molar-refractivity contribution in [3.8, 4) is 0 Å². The van der Waals surface area contributed by atoms with Crippen LogP contribution in [0.25, 0.3) is 0 Å². The first-order valence-electron chi connectivity index (χ1n) is 8.02. The Morgan fingerprint density at radius 1 is 1.00 bits per heavy atom. The molecule has 0 saturated carbocycles. The molecule has 0 radical (unpaired) electrons. The van der Waals surface area contributed by atoms with E-state index in [0.717, 1.165) is 5.69 Å². The number of imidazole rings is 1. The van der Waals surface area contributed by atoms with Crippen LogP contribution in [0.4, 0.5) is 0 Å². The van der Waals surface area contributed by atoms with Gasteiger partial charge < -0.3 is 4.57 Å². The van der Waals surface area contributed by atoms with E-state index in [1.54, 1.807) is 41.5 Å². The summed E-state index contributed by atoms with van der Waals surface area (Å²) in [5, 5.41) is 8.20. The molecule has 0 spiro atoms. The van der Waals surface area contributed by atoms with E-state index in [1.165, 1.54) is 4.90 Å². The minimum atomic E-state index is -0.222. The van der Waals surface area contributed by atoms with Crippen molar-refractivity contribution in [2.24, 2.45) is 0 Å². The standard InChI is InChI=1S/C17H16N6O2/c24-16-14-4-1-2-5-15(14)17(25)23(16)8-3-7-22-11-13(19-20-22)10-21-9-6-18-12-21/h1-2,4-6,9,11-12H,3,7-8,10H2. The van der Waals surface area contributed by atoms with Crippen LogP contribution in [0.1, 0.15) is 32.8 Å². The summed E-state index contributed by atoms with van der Waals surface area (Å²) in [6.45, 7) is 1.56. The number of rotatable bonds is 6. The van der Waals surface area contributed by atoms with Crippen LogP contribution in [0.15, 0.2) is 49.2 Å². The topological polar surface area (TPSA) is 85.9 Å². The number of carbonyl (C=O) groups is 2. The van der Waals surface area contributed by atoms with E-state index in [0.29, 0.717) is 37.2 Å². The Hall–Kier alpha value is -3.29. The van der Waals surface area contributed by atoms with E-state index in [-0.39, 0.29) is 11.8 Å². The van der Waals surface area contributed by atoms with E-state index in [9.17, 15) is 9.59 Å². The van der Waals surface area contributed by atoms with Crippen molar-refractivity contribution in [2.75, 3.05) is 6.54 Å². The maximum absolute atomic E-state index is 12.3. The lowest BCUT2D eigenvalue weighted by Crippen LogP contribution is -2.31. The number of amides is 2. The normalized spacial score (nSPS) is 13.5. The lowest BCUT2D eigenvalue weighted by Gasteiger charge is -2.13. The summed E-state index contributed by atoms with van der Waals surface area (Å²) in [5.74, 6) is -0.444. The highest BCUT2D eigenvalue weighted by Crippen LogP contribution is 2.22. The van der Waals surface area contributed by atoms with E-state index < -0.39 is 0 Å². The summed E-state index contributed by atoms with van der Waals surface area (Å²) >= 11 is 0. The van der Waals surface area contributed by atoms with Gasteiger partial charge in [-0.2, -0.15) is 0 Å². The van der Waals surface area contributed by atoms with Gasteiger partial charge in [0, 0.05) is 25.5 Å². The fourth-order valence-electron chi connectivity index (χ4n) is 2.92. The second-order valence-corrected chi connectivity index (χ2v) is 5.87. The molecule has 0 aliphatic carbocycles. The molecule has 0 fully saturated rings. The van der Waals surface area contributed by atoms with Gasteiger partial charge in [-0.1, -0.05) is 17.3 Å². The second-order valence-electron chi connectivity index (χ2n) is 5.87. The molecular formula is C17H16N6O2. The van der Waals surface area contributed by atoms with E-state index in [2.05, 4.69) is 15.3 Å². The molecule has 0 bridgehead atoms. The second kappa shape index (κ2) is 6.31. The Kier molecular flexibility index (Phi) is 3.85. The molecule has 1 aromatic carbocycles. The molecule has 4 rings (SSSR count). The molecule has 0 saturated heterocycles. The number of aromatic nitrogens is 5. The number of hydrogen-bond donors (Lipinski definition) is 0. The highest BCUT2D eigenvalue weighted by atomic mass is 16.2. The number of carbonyl (C=O) groups excluding carboxylic acids is 2. The number of nitrogens with zero attached hydrogens (tertiary/aromatic N) is 6. The van der Waals surface area contributed by atoms with Gasteiger partial charge in [-0.15, -0.1) is 5.10 Å². The van der Waals surface area contributed by atoms with Crippen molar-refractivity contribution in [3.05, 3.63) is 66.0 Å². The molecule has 0 atom stereocenters. The summed E-state index contributed by atoms with van der Waals surface area (Å²) in [5.41, 5.74) is 1.80. The highest BCUT2D eigenvalue weighted by Gasteiger charge is 2.34. The molecule has 1 aliphatic rings. The first kappa shape index (κ1) is 15.3. The Balaban J connectivity index is 1.34. The van der Waals surface area contributed by atoms with Crippen LogP contribution in [-0.4, -0.2) is 47.8 Å².